The molecule has 3 N–H and O–H groups in total. The van der Waals surface area contributed by atoms with Crippen LogP contribution in [-0.4, -0.2) is 31.3 Å². The molecular formula is C28H20N6OS2. The lowest BCUT2D eigenvalue weighted by molar-refractivity contribution is 0.102. The van der Waals surface area contributed by atoms with Crippen molar-refractivity contribution in [3.63, 3.8) is 0 Å². The van der Waals surface area contributed by atoms with Gasteiger partial charge in [0.2, 0.25) is 0 Å². The van der Waals surface area contributed by atoms with Gasteiger partial charge in [0.15, 0.2) is 5.82 Å². The summed E-state index contributed by atoms with van der Waals surface area (Å²) in [6.45, 7) is 0. The molecule has 0 aliphatic carbocycles. The molecular weight excluding hydrogens is 500 g/mol. The predicted octanol–water partition coefficient (Wildman–Crippen LogP) is 6.98. The van der Waals surface area contributed by atoms with Crippen molar-refractivity contribution in [2.75, 3.05) is 5.32 Å². The van der Waals surface area contributed by atoms with Crippen molar-refractivity contribution in [3.05, 3.63) is 107 Å². The molecule has 6 rings (SSSR count). The first-order valence-corrected chi connectivity index (χ1v) is 13.2. The van der Waals surface area contributed by atoms with Gasteiger partial charge < -0.3 is 5.32 Å². The Morgan fingerprint density at radius 3 is 2.70 bits per heavy atom. The van der Waals surface area contributed by atoms with E-state index in [1.54, 1.807) is 17.5 Å². The van der Waals surface area contributed by atoms with Crippen molar-refractivity contribution in [2.24, 2.45) is 0 Å². The third-order valence-corrected chi connectivity index (χ3v) is 7.60. The fraction of sp³-hybridized carbons (Fsp3) is 0. The molecule has 4 heterocycles. The molecule has 0 aliphatic heterocycles. The number of aromatic nitrogens is 5. The number of nitrogens with one attached hydrogen (secondary N) is 3. The van der Waals surface area contributed by atoms with Gasteiger partial charge in [0.1, 0.15) is 0 Å². The maximum absolute atomic E-state index is 13.1. The molecule has 0 unspecified atom stereocenters. The summed E-state index contributed by atoms with van der Waals surface area (Å²) in [7, 11) is 0. The van der Waals surface area contributed by atoms with E-state index in [2.05, 4.69) is 30.7 Å². The Hall–Kier alpha value is -4.47. The van der Waals surface area contributed by atoms with Crippen molar-refractivity contribution in [1.29, 1.82) is 0 Å². The fourth-order valence-corrected chi connectivity index (χ4v) is 5.52. The van der Waals surface area contributed by atoms with Gasteiger partial charge in [0.05, 0.1) is 33.0 Å². The average molecular weight is 521 g/mol. The number of H-pyrrole nitrogens is 2. The molecule has 0 fully saturated rings. The average Bonchev–Trinajstić information content (AvgIpc) is 3.70. The van der Waals surface area contributed by atoms with E-state index in [0.29, 0.717) is 11.4 Å². The van der Waals surface area contributed by atoms with Crippen LogP contribution >= 0.6 is 23.1 Å². The van der Waals surface area contributed by atoms with Crippen LogP contribution in [0.2, 0.25) is 0 Å². The largest absolute Gasteiger partial charge is 0.305 e. The highest BCUT2D eigenvalue weighted by molar-refractivity contribution is 7.99. The normalized spacial score (nSPS) is 11.4. The van der Waals surface area contributed by atoms with E-state index in [1.165, 1.54) is 11.8 Å². The molecule has 37 heavy (non-hydrogen) atoms. The second-order valence-electron chi connectivity index (χ2n) is 8.10. The highest BCUT2D eigenvalue weighted by Crippen LogP contribution is 2.33. The van der Waals surface area contributed by atoms with Crippen LogP contribution in [-0.2, 0) is 0 Å². The van der Waals surface area contributed by atoms with Gasteiger partial charge in [0, 0.05) is 27.4 Å². The smallest absolute Gasteiger partial charge is 0.258 e. The summed E-state index contributed by atoms with van der Waals surface area (Å²) in [6, 6.07) is 25.3. The van der Waals surface area contributed by atoms with Crippen molar-refractivity contribution in [1.82, 2.24) is 25.4 Å². The molecule has 0 saturated carbocycles. The zero-order chi connectivity index (χ0) is 25.0. The quantitative estimate of drug-likeness (QED) is 0.211. The summed E-state index contributed by atoms with van der Waals surface area (Å²) >= 11 is 3.14. The van der Waals surface area contributed by atoms with Gasteiger partial charge in [-0.2, -0.15) is 10.2 Å². The monoisotopic (exact) mass is 520 g/mol. The SMILES string of the molecule is O=C(Nc1cc(-c2cccs2)[nH]n1)c1ccccc1Sc1ccc2c(/C=C/c3ccccn3)n[nH]c2c1. The number of carbonyl (C=O) groups excluding carboxylic acids is 1. The van der Waals surface area contributed by atoms with Crippen LogP contribution in [0.15, 0.2) is 100 Å². The number of hydrogen-bond donors (Lipinski definition) is 3. The molecule has 180 valence electrons. The van der Waals surface area contributed by atoms with Crippen molar-refractivity contribution < 1.29 is 4.79 Å². The molecule has 0 spiro atoms. The molecule has 6 aromatic rings. The lowest BCUT2D eigenvalue weighted by atomic mass is 10.2. The first kappa shape index (κ1) is 23.0. The first-order chi connectivity index (χ1) is 18.2. The summed E-state index contributed by atoms with van der Waals surface area (Å²) in [4.78, 5) is 20.3. The molecule has 0 atom stereocenters. The number of anilines is 1. The van der Waals surface area contributed by atoms with Crippen LogP contribution in [0.5, 0.6) is 0 Å². The van der Waals surface area contributed by atoms with E-state index in [0.717, 1.165) is 42.7 Å². The van der Waals surface area contributed by atoms with Gasteiger partial charge in [-0.15, -0.1) is 11.3 Å². The number of rotatable bonds is 7. The van der Waals surface area contributed by atoms with Crippen LogP contribution < -0.4 is 5.32 Å². The van der Waals surface area contributed by atoms with Crippen LogP contribution in [0, 0.1) is 0 Å². The minimum atomic E-state index is -0.211. The van der Waals surface area contributed by atoms with Gasteiger partial charge in [-0.25, -0.2) is 0 Å². The van der Waals surface area contributed by atoms with E-state index in [4.69, 9.17) is 0 Å². The first-order valence-electron chi connectivity index (χ1n) is 11.5. The Morgan fingerprint density at radius 1 is 0.919 bits per heavy atom. The second-order valence-corrected chi connectivity index (χ2v) is 10.2. The highest BCUT2D eigenvalue weighted by atomic mass is 32.2. The molecule has 1 amide bonds. The lowest BCUT2D eigenvalue weighted by Crippen LogP contribution is -2.13. The predicted molar refractivity (Wildman–Crippen MR) is 150 cm³/mol. The third-order valence-electron chi connectivity index (χ3n) is 5.63. The van der Waals surface area contributed by atoms with Gasteiger partial charge in [-0.3, -0.25) is 20.0 Å². The Bertz CT molecular complexity index is 1700. The highest BCUT2D eigenvalue weighted by Gasteiger charge is 2.15. The number of thiophene rings is 1. The van der Waals surface area contributed by atoms with E-state index in [9.17, 15) is 4.79 Å². The van der Waals surface area contributed by atoms with Gasteiger partial charge in [0.25, 0.3) is 5.91 Å². The topological polar surface area (TPSA) is 99.3 Å². The Morgan fingerprint density at radius 2 is 1.84 bits per heavy atom. The number of aromatic amines is 2. The molecule has 7 nitrogen and oxygen atoms in total. The molecule has 9 heteroatoms. The summed E-state index contributed by atoms with van der Waals surface area (Å²) in [5.74, 6) is 0.273. The Balaban J connectivity index is 1.20. The lowest BCUT2D eigenvalue weighted by Gasteiger charge is -2.09. The van der Waals surface area contributed by atoms with E-state index in [1.807, 2.05) is 96.4 Å². The van der Waals surface area contributed by atoms with Crippen LogP contribution in [0.25, 0.3) is 33.6 Å². The second kappa shape index (κ2) is 10.3. The van der Waals surface area contributed by atoms with Crippen LogP contribution in [0.1, 0.15) is 21.7 Å². The number of pyridine rings is 1. The Labute approximate surface area is 220 Å². The zero-order valence-electron chi connectivity index (χ0n) is 19.4. The zero-order valence-corrected chi connectivity index (χ0v) is 21.0. The van der Waals surface area contributed by atoms with E-state index >= 15 is 0 Å². The molecule has 4 aromatic heterocycles. The van der Waals surface area contributed by atoms with Crippen molar-refractivity contribution in [2.45, 2.75) is 9.79 Å². The van der Waals surface area contributed by atoms with E-state index in [-0.39, 0.29) is 5.91 Å². The molecule has 0 saturated heterocycles. The number of fused-ring (bicyclic) bond motifs is 1. The molecule has 0 bridgehead atoms. The summed E-state index contributed by atoms with van der Waals surface area (Å²) in [5.41, 5.74) is 4.09. The van der Waals surface area contributed by atoms with E-state index < -0.39 is 0 Å². The maximum Gasteiger partial charge on any atom is 0.258 e. The minimum absolute atomic E-state index is 0.211. The molecule has 2 aromatic carbocycles. The number of nitrogens with zero attached hydrogens (tertiary/aromatic N) is 3. The number of carbonyl (C=O) groups is 1. The van der Waals surface area contributed by atoms with Gasteiger partial charge >= 0.3 is 0 Å². The number of benzene rings is 2. The van der Waals surface area contributed by atoms with Crippen LogP contribution in [0.4, 0.5) is 5.82 Å². The molecule has 0 radical (unpaired) electrons. The standard InChI is InChI=1S/C28H20N6OS2/c35-28(30-27-17-24(33-34-27)26-9-5-15-36-26)21-7-1-2-8-25(21)37-19-11-12-20-22(31-32-23(20)16-19)13-10-18-6-3-4-14-29-18/h1-17H,(H,31,32)(H2,30,33,34,35)/b13-10+. The minimum Gasteiger partial charge on any atom is -0.305 e. The number of hydrogen-bond acceptors (Lipinski definition) is 6. The summed E-state index contributed by atoms with van der Waals surface area (Å²) < 4.78 is 0. The third kappa shape index (κ3) is 5.09. The summed E-state index contributed by atoms with van der Waals surface area (Å²) in [5, 5.41) is 20.7. The van der Waals surface area contributed by atoms with Crippen molar-refractivity contribution >= 4 is 57.9 Å². The van der Waals surface area contributed by atoms with Crippen LogP contribution in [0.3, 0.4) is 0 Å². The fourth-order valence-electron chi connectivity index (χ4n) is 3.85. The number of amides is 1. The van der Waals surface area contributed by atoms with Gasteiger partial charge in [-0.1, -0.05) is 36.0 Å². The molecule has 0 aliphatic rings. The summed E-state index contributed by atoms with van der Waals surface area (Å²) in [6.07, 6.45) is 5.66. The Kier molecular flexibility index (Phi) is 6.36. The maximum atomic E-state index is 13.1. The van der Waals surface area contributed by atoms with Gasteiger partial charge in [-0.05, 0) is 66.1 Å². The van der Waals surface area contributed by atoms with Crippen molar-refractivity contribution in [3.8, 4) is 10.6 Å².